The molecule has 0 saturated heterocycles. The Morgan fingerprint density at radius 1 is 1.60 bits per heavy atom. The summed E-state index contributed by atoms with van der Waals surface area (Å²) in [5.41, 5.74) is 1.33. The minimum Gasteiger partial charge on any atom is -0.392 e. The summed E-state index contributed by atoms with van der Waals surface area (Å²) >= 11 is 3.32. The summed E-state index contributed by atoms with van der Waals surface area (Å²) < 4.78 is 13.8. The Kier molecular flexibility index (Phi) is 3.02. The summed E-state index contributed by atoms with van der Waals surface area (Å²) in [6, 6.07) is 4.39. The first-order valence-corrected chi connectivity index (χ1v) is 5.29. The van der Waals surface area contributed by atoms with Gasteiger partial charge >= 0.3 is 0 Å². The molecule has 15 heavy (non-hydrogen) atoms. The molecule has 0 aliphatic carbocycles. The van der Waals surface area contributed by atoms with Crippen LogP contribution in [-0.2, 0) is 4.84 Å². The Labute approximate surface area is 94.7 Å². The minimum absolute atomic E-state index is 0.0834. The Bertz CT molecular complexity index is 408. The van der Waals surface area contributed by atoms with E-state index in [9.17, 15) is 4.39 Å². The minimum atomic E-state index is -0.316. The van der Waals surface area contributed by atoms with Gasteiger partial charge in [0, 0.05) is 16.5 Å². The molecule has 1 aliphatic heterocycles. The lowest BCUT2D eigenvalue weighted by Crippen LogP contribution is -2.13. The van der Waals surface area contributed by atoms with Crippen LogP contribution in [0.5, 0.6) is 0 Å². The number of aliphatic hydroxyl groups excluding tert-OH is 1. The van der Waals surface area contributed by atoms with E-state index in [1.54, 1.807) is 6.07 Å². The van der Waals surface area contributed by atoms with Gasteiger partial charge in [0.1, 0.15) is 5.82 Å². The van der Waals surface area contributed by atoms with Gasteiger partial charge in [-0.1, -0.05) is 21.1 Å². The SMILES string of the molecule is OCC1CC(c2cc(F)ccc2Br)=NO1. The van der Waals surface area contributed by atoms with E-state index in [-0.39, 0.29) is 18.5 Å². The highest BCUT2D eigenvalue weighted by Crippen LogP contribution is 2.24. The smallest absolute Gasteiger partial charge is 0.156 e. The van der Waals surface area contributed by atoms with Crippen molar-refractivity contribution in [1.29, 1.82) is 0 Å². The third-order valence-corrected chi connectivity index (χ3v) is 2.87. The van der Waals surface area contributed by atoms with Gasteiger partial charge in [-0.15, -0.1) is 0 Å². The van der Waals surface area contributed by atoms with E-state index in [4.69, 9.17) is 9.94 Å². The van der Waals surface area contributed by atoms with Gasteiger partial charge in [0.05, 0.1) is 12.3 Å². The molecule has 1 aromatic carbocycles. The lowest BCUT2D eigenvalue weighted by atomic mass is 10.1. The highest BCUT2D eigenvalue weighted by molar-refractivity contribution is 9.10. The molecule has 1 aliphatic rings. The van der Waals surface area contributed by atoms with Crippen LogP contribution in [0.15, 0.2) is 27.8 Å². The van der Waals surface area contributed by atoms with E-state index >= 15 is 0 Å². The van der Waals surface area contributed by atoms with Crippen molar-refractivity contribution in [1.82, 2.24) is 0 Å². The van der Waals surface area contributed by atoms with Crippen molar-refractivity contribution in [3.63, 3.8) is 0 Å². The molecule has 0 fully saturated rings. The normalized spacial score (nSPS) is 19.9. The third-order valence-electron chi connectivity index (χ3n) is 2.18. The van der Waals surface area contributed by atoms with Crippen LogP contribution in [0.25, 0.3) is 0 Å². The summed E-state index contributed by atoms with van der Waals surface area (Å²) in [6.07, 6.45) is 0.189. The van der Waals surface area contributed by atoms with E-state index in [0.717, 1.165) is 4.47 Å². The molecular weight excluding hydrogens is 265 g/mol. The van der Waals surface area contributed by atoms with Crippen LogP contribution >= 0.6 is 15.9 Å². The van der Waals surface area contributed by atoms with Gasteiger partial charge in [0.25, 0.3) is 0 Å². The fraction of sp³-hybridized carbons (Fsp3) is 0.300. The lowest BCUT2D eigenvalue weighted by molar-refractivity contribution is 0.0390. The van der Waals surface area contributed by atoms with Gasteiger partial charge in [-0.2, -0.15) is 0 Å². The first kappa shape index (κ1) is 10.6. The van der Waals surface area contributed by atoms with Gasteiger partial charge < -0.3 is 9.94 Å². The Morgan fingerprint density at radius 3 is 3.07 bits per heavy atom. The molecule has 0 aromatic heterocycles. The number of oxime groups is 1. The van der Waals surface area contributed by atoms with Crippen LogP contribution in [0.4, 0.5) is 4.39 Å². The molecule has 3 nitrogen and oxygen atoms in total. The number of rotatable bonds is 2. The standard InChI is InChI=1S/C10H9BrFNO2/c11-9-2-1-6(12)3-8(9)10-4-7(5-14)15-13-10/h1-3,7,14H,4-5H2. The quantitative estimate of drug-likeness (QED) is 0.897. The average Bonchev–Trinajstić information content (AvgIpc) is 2.70. The monoisotopic (exact) mass is 273 g/mol. The lowest BCUT2D eigenvalue weighted by Gasteiger charge is -2.03. The zero-order chi connectivity index (χ0) is 10.8. The molecule has 2 rings (SSSR count). The first-order chi connectivity index (χ1) is 7.20. The second kappa shape index (κ2) is 4.28. The molecule has 1 N–H and O–H groups in total. The van der Waals surface area contributed by atoms with Crippen molar-refractivity contribution in [2.75, 3.05) is 6.61 Å². The van der Waals surface area contributed by atoms with Crippen LogP contribution in [0.2, 0.25) is 0 Å². The summed E-state index contributed by atoms with van der Waals surface area (Å²) in [5, 5.41) is 12.7. The number of hydrogen-bond acceptors (Lipinski definition) is 3. The fourth-order valence-corrected chi connectivity index (χ4v) is 1.88. The number of halogens is 2. The van der Waals surface area contributed by atoms with Gasteiger partial charge in [0.15, 0.2) is 6.10 Å². The maximum atomic E-state index is 13.0. The molecule has 1 atom stereocenters. The Morgan fingerprint density at radius 2 is 2.40 bits per heavy atom. The molecule has 0 radical (unpaired) electrons. The maximum Gasteiger partial charge on any atom is 0.156 e. The molecule has 0 amide bonds. The van der Waals surface area contributed by atoms with Crippen molar-refractivity contribution in [3.05, 3.63) is 34.1 Å². The van der Waals surface area contributed by atoms with Gasteiger partial charge in [-0.05, 0) is 18.2 Å². The molecule has 0 spiro atoms. The number of benzene rings is 1. The molecule has 1 unspecified atom stereocenters. The van der Waals surface area contributed by atoms with Crippen molar-refractivity contribution in [2.24, 2.45) is 5.16 Å². The summed E-state index contributed by atoms with van der Waals surface area (Å²) in [4.78, 5) is 4.96. The molecule has 5 heteroatoms. The highest BCUT2D eigenvalue weighted by Gasteiger charge is 2.22. The van der Waals surface area contributed by atoms with Crippen molar-refractivity contribution in [3.8, 4) is 0 Å². The number of aliphatic hydroxyl groups is 1. The second-order valence-electron chi connectivity index (χ2n) is 3.28. The first-order valence-electron chi connectivity index (χ1n) is 4.49. The molecule has 1 aromatic rings. The zero-order valence-electron chi connectivity index (χ0n) is 7.78. The molecule has 80 valence electrons. The van der Waals surface area contributed by atoms with E-state index < -0.39 is 0 Å². The van der Waals surface area contributed by atoms with Crippen molar-refractivity contribution >= 4 is 21.6 Å². The largest absolute Gasteiger partial charge is 0.392 e. The maximum absolute atomic E-state index is 13.0. The van der Waals surface area contributed by atoms with Crippen LogP contribution in [0.1, 0.15) is 12.0 Å². The summed E-state index contributed by atoms with van der Waals surface area (Å²) in [6.45, 7) is -0.0834. The Balaban J connectivity index is 2.27. The van der Waals surface area contributed by atoms with Gasteiger partial charge in [-0.3, -0.25) is 0 Å². The van der Waals surface area contributed by atoms with Crippen LogP contribution in [0, 0.1) is 5.82 Å². The van der Waals surface area contributed by atoms with Crippen LogP contribution in [0.3, 0.4) is 0 Å². The molecular formula is C10H9BrFNO2. The van der Waals surface area contributed by atoms with E-state index in [0.29, 0.717) is 17.7 Å². The summed E-state index contributed by atoms with van der Waals surface area (Å²) in [5.74, 6) is -0.316. The van der Waals surface area contributed by atoms with E-state index in [1.807, 2.05) is 0 Å². The number of hydrogen-bond donors (Lipinski definition) is 1. The van der Waals surface area contributed by atoms with Gasteiger partial charge in [0.2, 0.25) is 0 Å². The third kappa shape index (κ3) is 2.18. The second-order valence-corrected chi connectivity index (χ2v) is 4.13. The molecule has 0 bridgehead atoms. The zero-order valence-corrected chi connectivity index (χ0v) is 9.37. The fourth-order valence-electron chi connectivity index (χ4n) is 1.40. The topological polar surface area (TPSA) is 41.8 Å². The predicted molar refractivity (Wildman–Crippen MR) is 57.2 cm³/mol. The van der Waals surface area contributed by atoms with Gasteiger partial charge in [-0.25, -0.2) is 4.39 Å². The average molecular weight is 274 g/mol. The van der Waals surface area contributed by atoms with E-state index in [2.05, 4.69) is 21.1 Å². The predicted octanol–water partition coefficient (Wildman–Crippen LogP) is 2.07. The Hall–Kier alpha value is -0.940. The van der Waals surface area contributed by atoms with Crippen molar-refractivity contribution in [2.45, 2.75) is 12.5 Å². The summed E-state index contributed by atoms with van der Waals surface area (Å²) in [7, 11) is 0. The molecule has 0 saturated carbocycles. The number of nitrogens with zero attached hydrogens (tertiary/aromatic N) is 1. The van der Waals surface area contributed by atoms with E-state index in [1.165, 1.54) is 12.1 Å². The van der Waals surface area contributed by atoms with Crippen LogP contribution in [-0.4, -0.2) is 23.5 Å². The van der Waals surface area contributed by atoms with Crippen LogP contribution < -0.4 is 0 Å². The van der Waals surface area contributed by atoms with Crippen molar-refractivity contribution < 1.29 is 14.3 Å². The molecule has 1 heterocycles. The highest BCUT2D eigenvalue weighted by atomic mass is 79.9.